The average Bonchev–Trinajstić information content (AvgIpc) is 3.25. The zero-order chi connectivity index (χ0) is 25.7. The number of amides is 1. The standard InChI is InChI=1S/C27H28ClN3O4S/c1-18-24(26(33)35-13-12-34-3)25(20-10-7-11-21(28)14-20)31-22(17-36-27(31)29-18)15-23(32)30(2)16-19-8-5-4-6-9-19/h4-11,14,17,25H,12-13,15-16H2,1-3H3. The van der Waals surface area contributed by atoms with E-state index in [0.717, 1.165) is 16.8 Å². The number of carbonyl (C=O) groups is 2. The Morgan fingerprint density at radius 1 is 1.14 bits per heavy atom. The third-order valence-electron chi connectivity index (χ3n) is 5.93. The number of amidine groups is 1. The molecule has 2 aromatic carbocycles. The zero-order valence-electron chi connectivity index (χ0n) is 20.4. The number of esters is 1. The normalized spacial score (nSPS) is 16.9. The number of carbonyl (C=O) groups excluding carboxylic acids is 2. The van der Waals surface area contributed by atoms with Crippen molar-refractivity contribution in [3.63, 3.8) is 0 Å². The molecule has 0 radical (unpaired) electrons. The smallest absolute Gasteiger partial charge is 0.338 e. The van der Waals surface area contributed by atoms with Gasteiger partial charge in [0.25, 0.3) is 0 Å². The molecule has 0 fully saturated rings. The van der Waals surface area contributed by atoms with E-state index in [-0.39, 0.29) is 18.9 Å². The van der Waals surface area contributed by atoms with Gasteiger partial charge in [-0.2, -0.15) is 0 Å². The molecule has 1 atom stereocenters. The fourth-order valence-corrected chi connectivity index (χ4v) is 5.32. The second-order valence-corrected chi connectivity index (χ2v) is 9.76. The van der Waals surface area contributed by atoms with Crippen LogP contribution in [0.4, 0.5) is 0 Å². The molecule has 2 aliphatic rings. The lowest BCUT2D eigenvalue weighted by Gasteiger charge is -2.36. The van der Waals surface area contributed by atoms with Gasteiger partial charge in [0.1, 0.15) is 6.61 Å². The highest BCUT2D eigenvalue weighted by atomic mass is 35.5. The van der Waals surface area contributed by atoms with Crippen LogP contribution in [0.3, 0.4) is 0 Å². The van der Waals surface area contributed by atoms with E-state index in [0.29, 0.717) is 34.6 Å². The molecular formula is C27H28ClN3O4S. The monoisotopic (exact) mass is 525 g/mol. The number of halogens is 1. The Bertz CT molecular complexity index is 1230. The predicted molar refractivity (Wildman–Crippen MR) is 142 cm³/mol. The van der Waals surface area contributed by atoms with Crippen molar-refractivity contribution in [3.8, 4) is 0 Å². The van der Waals surface area contributed by atoms with Crippen molar-refractivity contribution in [2.45, 2.75) is 25.9 Å². The van der Waals surface area contributed by atoms with Gasteiger partial charge in [0.2, 0.25) is 5.91 Å². The van der Waals surface area contributed by atoms with E-state index >= 15 is 0 Å². The Labute approximate surface area is 220 Å². The van der Waals surface area contributed by atoms with E-state index in [1.54, 1.807) is 32.0 Å². The van der Waals surface area contributed by atoms with Gasteiger partial charge in [-0.1, -0.05) is 65.8 Å². The number of methoxy groups -OCH3 is 1. The molecule has 0 spiro atoms. The van der Waals surface area contributed by atoms with Gasteiger partial charge in [0, 0.05) is 31.4 Å². The van der Waals surface area contributed by atoms with E-state index in [1.165, 1.54) is 11.8 Å². The largest absolute Gasteiger partial charge is 0.460 e. The van der Waals surface area contributed by atoms with Crippen molar-refractivity contribution in [3.05, 3.63) is 93.1 Å². The first-order valence-corrected chi connectivity index (χ1v) is 12.8. The van der Waals surface area contributed by atoms with Gasteiger partial charge in [-0.15, -0.1) is 0 Å². The lowest BCUT2D eigenvalue weighted by Crippen LogP contribution is -2.38. The summed E-state index contributed by atoms with van der Waals surface area (Å²) < 4.78 is 10.5. The molecule has 0 saturated carbocycles. The molecule has 4 rings (SSSR count). The maximum Gasteiger partial charge on any atom is 0.338 e. The van der Waals surface area contributed by atoms with Crippen molar-refractivity contribution < 1.29 is 19.1 Å². The molecule has 0 aliphatic carbocycles. The quantitative estimate of drug-likeness (QED) is 0.333. The molecule has 1 unspecified atom stereocenters. The molecule has 0 aromatic heterocycles. The predicted octanol–water partition coefficient (Wildman–Crippen LogP) is 5.15. The van der Waals surface area contributed by atoms with E-state index < -0.39 is 12.0 Å². The summed E-state index contributed by atoms with van der Waals surface area (Å²) in [5.74, 6) is -0.506. The number of ether oxygens (including phenoxy) is 2. The first-order chi connectivity index (χ1) is 17.4. The minimum Gasteiger partial charge on any atom is -0.460 e. The van der Waals surface area contributed by atoms with Gasteiger partial charge in [-0.05, 0) is 35.6 Å². The average molecular weight is 526 g/mol. The topological polar surface area (TPSA) is 71.4 Å². The number of rotatable bonds is 9. The molecule has 2 heterocycles. The summed E-state index contributed by atoms with van der Waals surface area (Å²) in [7, 11) is 3.34. The SMILES string of the molecule is COCCOC(=O)C1=C(C)N=C2SC=C(CC(=O)N(C)Cc3ccccc3)N2C1c1cccc(Cl)c1. The minimum atomic E-state index is -0.528. The van der Waals surface area contributed by atoms with Crippen molar-refractivity contribution >= 4 is 40.4 Å². The lowest BCUT2D eigenvalue weighted by atomic mass is 9.94. The number of hydrogen-bond acceptors (Lipinski definition) is 7. The Morgan fingerprint density at radius 2 is 1.92 bits per heavy atom. The summed E-state index contributed by atoms with van der Waals surface area (Å²) in [5.41, 5.74) is 3.62. The summed E-state index contributed by atoms with van der Waals surface area (Å²) in [6.07, 6.45) is 0.164. The zero-order valence-corrected chi connectivity index (χ0v) is 22.0. The Hall–Kier alpha value is -3.07. The molecule has 36 heavy (non-hydrogen) atoms. The van der Waals surface area contributed by atoms with Crippen molar-refractivity contribution in [1.29, 1.82) is 0 Å². The highest BCUT2D eigenvalue weighted by Crippen LogP contribution is 2.45. The molecule has 0 saturated heterocycles. The minimum absolute atomic E-state index is 0.0349. The van der Waals surface area contributed by atoms with Gasteiger partial charge in [0.15, 0.2) is 5.17 Å². The van der Waals surface area contributed by atoms with Crippen molar-refractivity contribution in [2.24, 2.45) is 4.99 Å². The maximum atomic E-state index is 13.2. The number of thioether (sulfide) groups is 1. The van der Waals surface area contributed by atoms with Crippen molar-refractivity contribution in [2.75, 3.05) is 27.4 Å². The lowest BCUT2D eigenvalue weighted by molar-refractivity contribution is -0.141. The van der Waals surface area contributed by atoms with E-state index in [1.807, 2.05) is 58.8 Å². The Kier molecular flexibility index (Phi) is 8.51. The number of aliphatic imine (C=N–C) groups is 1. The van der Waals surface area contributed by atoms with E-state index in [9.17, 15) is 9.59 Å². The molecule has 1 amide bonds. The molecule has 2 aliphatic heterocycles. The number of nitrogens with zero attached hydrogens (tertiary/aromatic N) is 3. The van der Waals surface area contributed by atoms with Crippen molar-refractivity contribution in [1.82, 2.24) is 9.80 Å². The van der Waals surface area contributed by atoms with Crippen LogP contribution in [-0.2, 0) is 25.6 Å². The maximum absolute atomic E-state index is 13.2. The fraction of sp³-hybridized carbons (Fsp3) is 0.296. The molecular weight excluding hydrogens is 498 g/mol. The Morgan fingerprint density at radius 3 is 2.64 bits per heavy atom. The summed E-state index contributed by atoms with van der Waals surface area (Å²) in [5, 5.41) is 3.19. The first kappa shape index (κ1) is 26.0. The van der Waals surface area contributed by atoms with Gasteiger partial charge < -0.3 is 19.3 Å². The second-order valence-electron chi connectivity index (χ2n) is 8.49. The molecule has 7 nitrogen and oxygen atoms in total. The highest BCUT2D eigenvalue weighted by Gasteiger charge is 2.41. The molecule has 188 valence electrons. The van der Waals surface area contributed by atoms with Crippen LogP contribution in [0.25, 0.3) is 0 Å². The third-order valence-corrected chi connectivity index (χ3v) is 7.05. The fourth-order valence-electron chi connectivity index (χ4n) is 4.15. The summed E-state index contributed by atoms with van der Waals surface area (Å²) in [4.78, 5) is 34.8. The van der Waals surface area contributed by atoms with Gasteiger partial charge in [0.05, 0.1) is 30.3 Å². The number of hydrogen-bond donors (Lipinski definition) is 0. The van der Waals surface area contributed by atoms with E-state index in [2.05, 4.69) is 4.99 Å². The van der Waals surface area contributed by atoms with Gasteiger partial charge in [-0.3, -0.25) is 4.79 Å². The molecule has 2 aromatic rings. The highest BCUT2D eigenvalue weighted by molar-refractivity contribution is 8.16. The second kappa shape index (κ2) is 11.8. The van der Waals surface area contributed by atoms with Crippen LogP contribution in [0.5, 0.6) is 0 Å². The molecule has 0 N–H and O–H groups in total. The van der Waals surface area contributed by atoms with Gasteiger partial charge in [-0.25, -0.2) is 9.79 Å². The molecule has 9 heteroatoms. The Balaban J connectivity index is 1.62. The third kappa shape index (κ3) is 5.83. The van der Waals surface area contributed by atoms with Crippen LogP contribution in [0.1, 0.15) is 30.5 Å². The van der Waals surface area contributed by atoms with Gasteiger partial charge >= 0.3 is 5.97 Å². The summed E-state index contributed by atoms with van der Waals surface area (Å²) in [6.45, 7) is 2.73. The van der Waals surface area contributed by atoms with Crippen LogP contribution >= 0.6 is 23.4 Å². The first-order valence-electron chi connectivity index (χ1n) is 11.5. The van der Waals surface area contributed by atoms with Crippen LogP contribution < -0.4 is 0 Å². The van der Waals surface area contributed by atoms with Crippen LogP contribution in [0.15, 0.2) is 82.0 Å². The summed E-state index contributed by atoms with van der Waals surface area (Å²) >= 11 is 7.77. The van der Waals surface area contributed by atoms with Crippen LogP contribution in [0, 0.1) is 0 Å². The number of allylic oxidation sites excluding steroid dienone is 1. The van der Waals surface area contributed by atoms with Crippen LogP contribution in [-0.4, -0.2) is 54.2 Å². The number of fused-ring (bicyclic) bond motifs is 1. The molecule has 0 bridgehead atoms. The van der Waals surface area contributed by atoms with E-state index in [4.69, 9.17) is 21.1 Å². The van der Waals surface area contributed by atoms with Crippen LogP contribution in [0.2, 0.25) is 5.02 Å². The summed E-state index contributed by atoms with van der Waals surface area (Å²) in [6, 6.07) is 16.7. The number of benzene rings is 2.